The van der Waals surface area contributed by atoms with E-state index >= 15 is 0 Å². The predicted molar refractivity (Wildman–Crippen MR) is 63.5 cm³/mol. The molecule has 0 aromatic rings. The van der Waals surface area contributed by atoms with Crippen molar-refractivity contribution in [2.45, 2.75) is 19.3 Å². The summed E-state index contributed by atoms with van der Waals surface area (Å²) in [6.07, 6.45) is 3.07. The fourth-order valence-corrected chi connectivity index (χ4v) is 1.19. The van der Waals surface area contributed by atoms with Crippen LogP contribution in [-0.4, -0.2) is 53.0 Å². The molecule has 0 aliphatic carbocycles. The fourth-order valence-electron chi connectivity index (χ4n) is 1.19. The monoisotopic (exact) mass is 232 g/mol. The minimum atomic E-state index is -0.0727. The van der Waals surface area contributed by atoms with Crippen LogP contribution in [0.2, 0.25) is 0 Å². The maximum atomic E-state index is 11.0. The van der Waals surface area contributed by atoms with Crippen LogP contribution >= 0.6 is 0 Å². The third-order valence-corrected chi connectivity index (χ3v) is 2.03. The Labute approximate surface area is 97.9 Å². The molecule has 0 aromatic carbocycles. The molecule has 0 fully saturated rings. The van der Waals surface area contributed by atoms with E-state index in [4.69, 9.17) is 4.74 Å². The summed E-state index contributed by atoms with van der Waals surface area (Å²) in [4.78, 5) is 11.0. The molecule has 16 heavy (non-hydrogen) atoms. The molecule has 2 N–H and O–H groups in total. The molecule has 0 atom stereocenters. The lowest BCUT2D eigenvalue weighted by atomic mass is 10.3. The summed E-state index contributed by atoms with van der Waals surface area (Å²) in [5.74, 6) is -0.0727. The average Bonchev–Trinajstić information content (AvgIpc) is 2.27. The van der Waals surface area contributed by atoms with Crippen molar-refractivity contribution >= 4 is 5.91 Å². The third-order valence-electron chi connectivity index (χ3n) is 2.03. The van der Waals surface area contributed by atoms with Crippen LogP contribution in [0.3, 0.4) is 0 Å². The summed E-state index contributed by atoms with van der Waals surface area (Å²) >= 11 is 0. The molecule has 0 heterocycles. The highest BCUT2D eigenvalue weighted by Crippen LogP contribution is 1.89. The number of ether oxygens (including phenoxy) is 2. The molecule has 0 aromatic heterocycles. The SMILES string of the molecule is CNCCCCOCCCNC(=O)COC. The number of hydrogen-bond acceptors (Lipinski definition) is 4. The zero-order chi connectivity index (χ0) is 12.1. The first-order valence-corrected chi connectivity index (χ1v) is 5.79. The van der Waals surface area contributed by atoms with E-state index in [1.54, 1.807) is 0 Å². The van der Waals surface area contributed by atoms with Crippen molar-refractivity contribution in [3.63, 3.8) is 0 Å². The highest BCUT2D eigenvalue weighted by atomic mass is 16.5. The van der Waals surface area contributed by atoms with Crippen molar-refractivity contribution < 1.29 is 14.3 Å². The molecule has 96 valence electrons. The molecule has 0 saturated carbocycles. The highest BCUT2D eigenvalue weighted by Gasteiger charge is 1.97. The van der Waals surface area contributed by atoms with Gasteiger partial charge in [-0.15, -0.1) is 0 Å². The van der Waals surface area contributed by atoms with Gasteiger partial charge < -0.3 is 20.1 Å². The lowest BCUT2D eigenvalue weighted by molar-refractivity contribution is -0.124. The molecular weight excluding hydrogens is 208 g/mol. The van der Waals surface area contributed by atoms with Crippen molar-refractivity contribution in [2.75, 3.05) is 47.1 Å². The van der Waals surface area contributed by atoms with E-state index in [1.165, 1.54) is 7.11 Å². The fraction of sp³-hybridized carbons (Fsp3) is 0.909. The molecule has 0 saturated heterocycles. The van der Waals surface area contributed by atoms with Crippen LogP contribution in [0.4, 0.5) is 0 Å². The predicted octanol–water partition coefficient (Wildman–Crippen LogP) is 0.155. The second kappa shape index (κ2) is 12.4. The summed E-state index contributed by atoms with van der Waals surface area (Å²) in [6, 6.07) is 0. The van der Waals surface area contributed by atoms with E-state index in [1.807, 2.05) is 7.05 Å². The minimum absolute atomic E-state index is 0.0727. The highest BCUT2D eigenvalue weighted by molar-refractivity contribution is 5.77. The van der Waals surface area contributed by atoms with E-state index in [-0.39, 0.29) is 12.5 Å². The first-order valence-electron chi connectivity index (χ1n) is 5.79. The molecule has 0 aliphatic rings. The molecule has 1 amide bonds. The van der Waals surface area contributed by atoms with E-state index in [9.17, 15) is 4.79 Å². The zero-order valence-electron chi connectivity index (χ0n) is 10.4. The van der Waals surface area contributed by atoms with Crippen molar-refractivity contribution in [3.8, 4) is 0 Å². The van der Waals surface area contributed by atoms with E-state index in [2.05, 4.69) is 15.4 Å². The average molecular weight is 232 g/mol. The Morgan fingerprint density at radius 3 is 2.56 bits per heavy atom. The van der Waals surface area contributed by atoms with Crippen LogP contribution in [0.5, 0.6) is 0 Å². The van der Waals surface area contributed by atoms with Gasteiger partial charge in [0.05, 0.1) is 0 Å². The summed E-state index contributed by atoms with van der Waals surface area (Å²) < 4.78 is 10.1. The topological polar surface area (TPSA) is 59.6 Å². The number of nitrogens with one attached hydrogen (secondary N) is 2. The maximum absolute atomic E-state index is 11.0. The van der Waals surface area contributed by atoms with Crippen molar-refractivity contribution in [1.29, 1.82) is 0 Å². The molecule has 0 unspecified atom stereocenters. The Hall–Kier alpha value is -0.650. The van der Waals surface area contributed by atoms with Crippen LogP contribution in [0.15, 0.2) is 0 Å². The summed E-state index contributed by atoms with van der Waals surface area (Å²) in [5, 5.41) is 5.83. The van der Waals surface area contributed by atoms with Gasteiger partial charge in [0.2, 0.25) is 5.91 Å². The first kappa shape index (κ1) is 15.3. The lowest BCUT2D eigenvalue weighted by Gasteiger charge is -2.05. The number of methoxy groups -OCH3 is 1. The van der Waals surface area contributed by atoms with E-state index in [0.29, 0.717) is 13.2 Å². The van der Waals surface area contributed by atoms with Gasteiger partial charge in [-0.1, -0.05) is 0 Å². The number of rotatable bonds is 11. The van der Waals surface area contributed by atoms with Gasteiger partial charge in [0.15, 0.2) is 0 Å². The van der Waals surface area contributed by atoms with Gasteiger partial charge in [-0.05, 0) is 32.9 Å². The minimum Gasteiger partial charge on any atom is -0.381 e. The Morgan fingerprint density at radius 1 is 1.12 bits per heavy atom. The van der Waals surface area contributed by atoms with Gasteiger partial charge in [0.25, 0.3) is 0 Å². The largest absolute Gasteiger partial charge is 0.381 e. The Balaban J connectivity index is 3.01. The van der Waals surface area contributed by atoms with Crippen LogP contribution in [0.1, 0.15) is 19.3 Å². The standard InChI is InChI=1S/C11H24N2O3/c1-12-6-3-4-8-16-9-5-7-13-11(14)10-15-2/h12H,3-10H2,1-2H3,(H,13,14). The molecule has 0 radical (unpaired) electrons. The van der Waals surface area contributed by atoms with E-state index in [0.717, 1.165) is 32.4 Å². The second-order valence-electron chi connectivity index (χ2n) is 3.56. The lowest BCUT2D eigenvalue weighted by Crippen LogP contribution is -2.28. The maximum Gasteiger partial charge on any atom is 0.245 e. The summed E-state index contributed by atoms with van der Waals surface area (Å²) in [5.41, 5.74) is 0. The Kier molecular flexibility index (Phi) is 11.9. The molecule has 0 rings (SSSR count). The Bertz CT molecular complexity index is 165. The zero-order valence-corrected chi connectivity index (χ0v) is 10.4. The second-order valence-corrected chi connectivity index (χ2v) is 3.56. The number of hydrogen-bond donors (Lipinski definition) is 2. The number of carbonyl (C=O) groups excluding carboxylic acids is 1. The van der Waals surface area contributed by atoms with Gasteiger partial charge >= 0.3 is 0 Å². The van der Waals surface area contributed by atoms with Gasteiger partial charge in [-0.2, -0.15) is 0 Å². The quantitative estimate of drug-likeness (QED) is 0.498. The number of carbonyl (C=O) groups is 1. The summed E-state index contributed by atoms with van der Waals surface area (Å²) in [7, 11) is 3.46. The van der Waals surface area contributed by atoms with Crippen LogP contribution in [-0.2, 0) is 14.3 Å². The number of unbranched alkanes of at least 4 members (excludes halogenated alkanes) is 1. The van der Waals surface area contributed by atoms with Crippen LogP contribution in [0.25, 0.3) is 0 Å². The third kappa shape index (κ3) is 11.4. The van der Waals surface area contributed by atoms with Gasteiger partial charge in [-0.3, -0.25) is 4.79 Å². The number of amides is 1. The van der Waals surface area contributed by atoms with Crippen LogP contribution < -0.4 is 10.6 Å². The van der Waals surface area contributed by atoms with Gasteiger partial charge in [0, 0.05) is 26.9 Å². The normalized spacial score (nSPS) is 10.4. The molecule has 0 aliphatic heterocycles. The molecule has 0 bridgehead atoms. The summed E-state index contributed by atoms with van der Waals surface area (Å²) in [6.45, 7) is 3.32. The smallest absolute Gasteiger partial charge is 0.245 e. The molecular formula is C11H24N2O3. The first-order chi connectivity index (χ1) is 7.81. The molecule has 0 spiro atoms. The van der Waals surface area contributed by atoms with Crippen molar-refractivity contribution in [3.05, 3.63) is 0 Å². The van der Waals surface area contributed by atoms with Crippen LogP contribution in [0, 0.1) is 0 Å². The van der Waals surface area contributed by atoms with Gasteiger partial charge in [0.1, 0.15) is 6.61 Å². The van der Waals surface area contributed by atoms with E-state index < -0.39 is 0 Å². The molecule has 5 heteroatoms. The van der Waals surface area contributed by atoms with Crippen molar-refractivity contribution in [1.82, 2.24) is 10.6 Å². The van der Waals surface area contributed by atoms with Gasteiger partial charge in [-0.25, -0.2) is 0 Å². The van der Waals surface area contributed by atoms with Crippen molar-refractivity contribution in [2.24, 2.45) is 0 Å². The Morgan fingerprint density at radius 2 is 1.88 bits per heavy atom. The molecule has 5 nitrogen and oxygen atoms in total.